The van der Waals surface area contributed by atoms with E-state index in [-0.39, 0.29) is 23.9 Å². The summed E-state index contributed by atoms with van der Waals surface area (Å²) in [6.07, 6.45) is 2.18. The SMILES string of the molecule is C=CC(=O)[O-].C=CC(=O)[O-].C=CC(=O)[O-].C=CC(=O)[O-].CCOC(N)=O.[Sn+4]. The van der Waals surface area contributed by atoms with Crippen molar-refractivity contribution >= 4 is 53.9 Å². The molecule has 2 N–H and O–H groups in total. The van der Waals surface area contributed by atoms with Crippen molar-refractivity contribution < 1.29 is 49.1 Å². The summed E-state index contributed by atoms with van der Waals surface area (Å²) in [6.45, 7) is 13.6. The van der Waals surface area contributed by atoms with Crippen molar-refractivity contribution in [2.24, 2.45) is 5.73 Å². The van der Waals surface area contributed by atoms with E-state index in [1.54, 1.807) is 6.92 Å². The number of carbonyl (C=O) groups excluding carboxylic acids is 5. The van der Waals surface area contributed by atoms with Gasteiger partial charge in [-0.1, -0.05) is 26.3 Å². The molecule has 0 saturated carbocycles. The molecule has 0 bridgehead atoms. The van der Waals surface area contributed by atoms with Crippen molar-refractivity contribution in [3.8, 4) is 0 Å². The first kappa shape index (κ1) is 39.1. The second-order valence-corrected chi connectivity index (χ2v) is 2.84. The zero-order chi connectivity index (χ0) is 22.1. The van der Waals surface area contributed by atoms with E-state index < -0.39 is 30.0 Å². The molecule has 0 rings (SSSR count). The summed E-state index contributed by atoms with van der Waals surface area (Å²) < 4.78 is 4.18. The van der Waals surface area contributed by atoms with Gasteiger partial charge < -0.3 is 50.1 Å². The minimum absolute atomic E-state index is 0. The number of primary amides is 1. The minimum atomic E-state index is -1.23. The fourth-order valence-corrected chi connectivity index (χ4v) is 0.142. The van der Waals surface area contributed by atoms with Crippen molar-refractivity contribution in [3.63, 3.8) is 0 Å². The number of nitrogens with two attached hydrogens (primary N) is 1. The van der Waals surface area contributed by atoms with Gasteiger partial charge in [-0.2, -0.15) is 0 Å². The number of ether oxygens (including phenoxy) is 1. The maximum absolute atomic E-state index is 9.60. The number of amides is 1. The molecule has 0 aromatic carbocycles. The summed E-state index contributed by atoms with van der Waals surface area (Å²) in [5, 5.41) is 36.6. The van der Waals surface area contributed by atoms with Crippen molar-refractivity contribution in [1.29, 1.82) is 0 Å². The van der Waals surface area contributed by atoms with Crippen LogP contribution in [0.3, 0.4) is 0 Å². The van der Waals surface area contributed by atoms with Gasteiger partial charge in [0.2, 0.25) is 0 Å². The Balaban J connectivity index is -0.0000000507. The van der Waals surface area contributed by atoms with Crippen LogP contribution in [-0.4, -0.2) is 60.5 Å². The molecule has 0 aliphatic rings. The Hall–Kier alpha value is -3.09. The third kappa shape index (κ3) is 160. The van der Waals surface area contributed by atoms with Crippen LogP contribution in [0.4, 0.5) is 4.79 Å². The van der Waals surface area contributed by atoms with Crippen LogP contribution in [-0.2, 0) is 23.9 Å². The second kappa shape index (κ2) is 34.3. The normalized spacial score (nSPS) is 6.41. The van der Waals surface area contributed by atoms with Gasteiger partial charge in [0, 0.05) is 0 Å². The molecule has 0 unspecified atom stereocenters. The molecule has 0 aromatic rings. The molecule has 0 heterocycles. The second-order valence-electron chi connectivity index (χ2n) is 2.84. The fourth-order valence-electron chi connectivity index (χ4n) is 0.142. The molecule has 0 aromatic heterocycles. The monoisotopic (exact) mass is 493 g/mol. The Bertz CT molecular complexity index is 417. The zero-order valence-corrected chi connectivity index (χ0v) is 17.4. The molecule has 0 saturated heterocycles. The van der Waals surface area contributed by atoms with Crippen LogP contribution in [0, 0.1) is 0 Å². The average molecular weight is 492 g/mol. The van der Waals surface area contributed by atoms with E-state index >= 15 is 0 Å². The predicted molar refractivity (Wildman–Crippen MR) is 87.8 cm³/mol. The van der Waals surface area contributed by atoms with Crippen LogP contribution in [0.5, 0.6) is 0 Å². The van der Waals surface area contributed by atoms with E-state index in [0.29, 0.717) is 6.61 Å². The fraction of sp³-hybridized carbons (Fsp3) is 0.133. The molecule has 11 nitrogen and oxygen atoms in total. The largest absolute Gasteiger partial charge is 4.00 e. The standard InChI is InChI=1S/C3H7NO2.4C3H4O2.Sn/c1-2-6-3(4)5;4*1-2-3(4)5;/h2H2,1H3,(H2,4,5);4*2H,1H2,(H,4,5);/q;;;;;+4/p-4. The van der Waals surface area contributed by atoms with E-state index in [9.17, 15) is 4.79 Å². The average Bonchev–Trinajstić information content (AvgIpc) is 2.56. The number of hydrogen-bond acceptors (Lipinski definition) is 10. The van der Waals surface area contributed by atoms with E-state index in [1.807, 2.05) is 0 Å². The van der Waals surface area contributed by atoms with Gasteiger partial charge in [0.25, 0.3) is 0 Å². The molecule has 1 amide bonds. The van der Waals surface area contributed by atoms with Crippen LogP contribution < -0.4 is 26.2 Å². The first-order valence-corrected chi connectivity index (χ1v) is 6.11. The van der Waals surface area contributed by atoms with Crippen molar-refractivity contribution in [2.45, 2.75) is 6.92 Å². The number of carboxylic acid groups (broad SMARTS) is 4. The van der Waals surface area contributed by atoms with Crippen molar-refractivity contribution in [2.75, 3.05) is 6.61 Å². The van der Waals surface area contributed by atoms with Crippen LogP contribution in [0.2, 0.25) is 0 Å². The Morgan fingerprint density at radius 3 is 0.889 bits per heavy atom. The molecule has 0 radical (unpaired) electrons. The summed E-state index contributed by atoms with van der Waals surface area (Å²) >= 11 is 0. The smallest absolute Gasteiger partial charge is 0.545 e. The third-order valence-corrected chi connectivity index (χ3v) is 0.953. The Kier molecular flexibility index (Phi) is 49.7. The Morgan fingerprint density at radius 2 is 0.889 bits per heavy atom. The third-order valence-electron chi connectivity index (χ3n) is 0.953. The van der Waals surface area contributed by atoms with Crippen molar-refractivity contribution in [1.82, 2.24) is 0 Å². The van der Waals surface area contributed by atoms with Gasteiger partial charge in [0.1, 0.15) is 0 Å². The summed E-state index contributed by atoms with van der Waals surface area (Å²) in [7, 11) is 0. The van der Waals surface area contributed by atoms with E-state index in [2.05, 4.69) is 36.8 Å². The quantitative estimate of drug-likeness (QED) is 0.287. The number of rotatable bonds is 5. The van der Waals surface area contributed by atoms with Crippen LogP contribution in [0.1, 0.15) is 6.92 Å². The molecule has 0 atom stereocenters. The number of carboxylic acids is 4. The summed E-state index contributed by atoms with van der Waals surface area (Å²) in [4.78, 5) is 46.2. The zero-order valence-electron chi connectivity index (χ0n) is 14.5. The molecule has 0 spiro atoms. The molecule has 148 valence electrons. The molecule has 27 heavy (non-hydrogen) atoms. The summed E-state index contributed by atoms with van der Waals surface area (Å²) in [5.41, 5.74) is 4.54. The van der Waals surface area contributed by atoms with Gasteiger partial charge >= 0.3 is 30.0 Å². The molecule has 12 heteroatoms. The Labute approximate surface area is 173 Å². The van der Waals surface area contributed by atoms with E-state index in [0.717, 1.165) is 24.3 Å². The van der Waals surface area contributed by atoms with Gasteiger partial charge in [-0.15, -0.1) is 0 Å². The number of hydrogen-bond donors (Lipinski definition) is 1. The maximum atomic E-state index is 9.60. The van der Waals surface area contributed by atoms with Gasteiger partial charge in [-0.05, 0) is 31.2 Å². The summed E-state index contributed by atoms with van der Waals surface area (Å²) in [5.74, 6) is -4.93. The number of aliphatic carboxylic acids is 4. The molecule has 0 fully saturated rings. The van der Waals surface area contributed by atoms with Gasteiger partial charge in [0.05, 0.1) is 30.5 Å². The molecular formula is C15H19NO10Sn. The Morgan fingerprint density at radius 1 is 0.741 bits per heavy atom. The minimum Gasteiger partial charge on any atom is -0.545 e. The van der Waals surface area contributed by atoms with E-state index in [1.165, 1.54) is 0 Å². The first-order chi connectivity index (χ1) is 11.9. The molecule has 0 aliphatic heterocycles. The topological polar surface area (TPSA) is 213 Å². The van der Waals surface area contributed by atoms with Gasteiger partial charge in [-0.3, -0.25) is 0 Å². The van der Waals surface area contributed by atoms with Crippen LogP contribution in [0.15, 0.2) is 50.6 Å². The maximum Gasteiger partial charge on any atom is 4.00 e. The molecular weight excluding hydrogens is 473 g/mol. The number of carbonyl (C=O) groups is 5. The van der Waals surface area contributed by atoms with E-state index in [4.69, 9.17) is 39.6 Å². The first-order valence-electron chi connectivity index (χ1n) is 6.11. The van der Waals surface area contributed by atoms with Crippen LogP contribution in [0.25, 0.3) is 0 Å². The van der Waals surface area contributed by atoms with Gasteiger partial charge in [0.15, 0.2) is 0 Å². The van der Waals surface area contributed by atoms with Crippen molar-refractivity contribution in [3.05, 3.63) is 50.6 Å². The molecule has 0 aliphatic carbocycles. The van der Waals surface area contributed by atoms with Gasteiger partial charge in [-0.25, -0.2) is 4.79 Å². The predicted octanol–water partition coefficient (Wildman–Crippen LogP) is -4.59. The van der Waals surface area contributed by atoms with Crippen LogP contribution >= 0.6 is 0 Å². The summed E-state index contributed by atoms with van der Waals surface area (Å²) in [6, 6.07) is 0.